The van der Waals surface area contributed by atoms with E-state index in [4.69, 9.17) is 15.2 Å². The molecule has 2 saturated carbocycles. The summed E-state index contributed by atoms with van der Waals surface area (Å²) in [7, 11) is 1.65. The maximum Gasteiger partial charge on any atom is 0.227 e. The van der Waals surface area contributed by atoms with Crippen LogP contribution in [-0.4, -0.2) is 32.3 Å². The van der Waals surface area contributed by atoms with Crippen LogP contribution in [0.4, 0.5) is 5.69 Å². The minimum atomic E-state index is 0. The van der Waals surface area contributed by atoms with Gasteiger partial charge in [0.05, 0.1) is 6.61 Å². The van der Waals surface area contributed by atoms with Gasteiger partial charge in [-0.25, -0.2) is 0 Å². The van der Waals surface area contributed by atoms with Gasteiger partial charge in [0.2, 0.25) is 5.91 Å². The van der Waals surface area contributed by atoms with Crippen LogP contribution < -0.4 is 15.8 Å². The highest BCUT2D eigenvalue weighted by atomic mass is 35.5. The fourth-order valence-corrected chi connectivity index (χ4v) is 4.12. The van der Waals surface area contributed by atoms with Gasteiger partial charge < -0.3 is 20.5 Å². The zero-order valence-electron chi connectivity index (χ0n) is 14.8. The topological polar surface area (TPSA) is 73.6 Å². The molecule has 140 valence electrons. The zero-order chi connectivity index (χ0) is 16.9. The Bertz CT molecular complexity index is 538. The molecule has 0 heterocycles. The van der Waals surface area contributed by atoms with Gasteiger partial charge in [0.1, 0.15) is 12.4 Å². The number of amides is 1. The predicted molar refractivity (Wildman–Crippen MR) is 101 cm³/mol. The van der Waals surface area contributed by atoms with E-state index in [1.54, 1.807) is 7.11 Å². The molecule has 1 aromatic carbocycles. The molecule has 1 amide bonds. The van der Waals surface area contributed by atoms with Crippen LogP contribution in [0.3, 0.4) is 0 Å². The van der Waals surface area contributed by atoms with E-state index in [1.807, 2.05) is 24.3 Å². The van der Waals surface area contributed by atoms with E-state index in [1.165, 1.54) is 19.3 Å². The van der Waals surface area contributed by atoms with Gasteiger partial charge in [0, 0.05) is 24.8 Å². The lowest BCUT2D eigenvalue weighted by Crippen LogP contribution is -2.48. The standard InChI is InChI=1S/C19H28N2O3.ClH/c1-23-9-10-24-17-7-5-16(6-8-17)21-19(22)15-11-13-3-2-4-14(12-15)18(13)20;/h5-8,13-15,18H,2-4,9-12,20H2,1H3,(H,21,22);1H. The third-order valence-electron chi connectivity index (χ3n) is 5.46. The number of benzene rings is 1. The van der Waals surface area contributed by atoms with E-state index >= 15 is 0 Å². The molecular weight excluding hydrogens is 340 g/mol. The molecule has 2 bridgehead atoms. The van der Waals surface area contributed by atoms with Crippen molar-refractivity contribution in [3.05, 3.63) is 24.3 Å². The Morgan fingerprint density at radius 3 is 2.40 bits per heavy atom. The number of ether oxygens (including phenoxy) is 2. The molecule has 0 radical (unpaired) electrons. The Labute approximate surface area is 156 Å². The van der Waals surface area contributed by atoms with E-state index in [0.717, 1.165) is 24.3 Å². The number of hydrogen-bond acceptors (Lipinski definition) is 4. The van der Waals surface area contributed by atoms with E-state index in [0.29, 0.717) is 31.1 Å². The van der Waals surface area contributed by atoms with Gasteiger partial charge in [-0.1, -0.05) is 6.42 Å². The number of halogens is 1. The predicted octanol–water partition coefficient (Wildman–Crippen LogP) is 3.23. The molecule has 3 rings (SSSR count). The lowest BCUT2D eigenvalue weighted by molar-refractivity contribution is -0.122. The van der Waals surface area contributed by atoms with Crippen molar-refractivity contribution in [2.24, 2.45) is 23.5 Å². The Hall–Kier alpha value is -1.30. The fourth-order valence-electron chi connectivity index (χ4n) is 4.12. The molecule has 5 nitrogen and oxygen atoms in total. The number of carbonyl (C=O) groups is 1. The van der Waals surface area contributed by atoms with E-state index < -0.39 is 0 Å². The molecule has 2 atom stereocenters. The maximum absolute atomic E-state index is 12.6. The quantitative estimate of drug-likeness (QED) is 0.756. The number of fused-ring (bicyclic) bond motifs is 2. The van der Waals surface area contributed by atoms with Gasteiger partial charge in [-0.3, -0.25) is 4.79 Å². The summed E-state index contributed by atoms with van der Waals surface area (Å²) >= 11 is 0. The first-order chi connectivity index (χ1) is 11.7. The zero-order valence-corrected chi connectivity index (χ0v) is 15.6. The van der Waals surface area contributed by atoms with Crippen LogP contribution in [0.5, 0.6) is 5.75 Å². The molecule has 1 aromatic rings. The third kappa shape index (κ3) is 5.09. The van der Waals surface area contributed by atoms with Crippen LogP contribution in [0.15, 0.2) is 24.3 Å². The van der Waals surface area contributed by atoms with Crippen molar-refractivity contribution >= 4 is 24.0 Å². The summed E-state index contributed by atoms with van der Waals surface area (Å²) in [6.07, 6.45) is 5.48. The van der Waals surface area contributed by atoms with Crippen molar-refractivity contribution in [2.75, 3.05) is 25.6 Å². The molecule has 25 heavy (non-hydrogen) atoms. The smallest absolute Gasteiger partial charge is 0.227 e. The molecule has 2 unspecified atom stereocenters. The average molecular weight is 369 g/mol. The Morgan fingerprint density at radius 1 is 1.16 bits per heavy atom. The van der Waals surface area contributed by atoms with Crippen molar-refractivity contribution in [1.29, 1.82) is 0 Å². The first-order valence-corrected chi connectivity index (χ1v) is 8.95. The summed E-state index contributed by atoms with van der Waals surface area (Å²) in [5.41, 5.74) is 7.13. The van der Waals surface area contributed by atoms with Gasteiger partial charge in [-0.15, -0.1) is 12.4 Å². The molecule has 2 fully saturated rings. The van der Waals surface area contributed by atoms with Gasteiger partial charge in [-0.05, 0) is 61.8 Å². The summed E-state index contributed by atoms with van der Waals surface area (Å²) in [6, 6.07) is 7.81. The summed E-state index contributed by atoms with van der Waals surface area (Å²) in [4.78, 5) is 12.6. The molecular formula is C19H29ClN2O3. The summed E-state index contributed by atoms with van der Waals surface area (Å²) in [6.45, 7) is 1.08. The van der Waals surface area contributed by atoms with Crippen LogP contribution in [0, 0.1) is 17.8 Å². The normalized spacial score (nSPS) is 27.9. The van der Waals surface area contributed by atoms with Gasteiger partial charge >= 0.3 is 0 Å². The van der Waals surface area contributed by atoms with Crippen molar-refractivity contribution in [2.45, 2.75) is 38.1 Å². The van der Waals surface area contributed by atoms with Gasteiger partial charge in [-0.2, -0.15) is 0 Å². The number of anilines is 1. The number of hydrogen-bond donors (Lipinski definition) is 2. The second-order valence-electron chi connectivity index (χ2n) is 7.05. The molecule has 3 N–H and O–H groups in total. The molecule has 0 aromatic heterocycles. The Morgan fingerprint density at radius 2 is 1.80 bits per heavy atom. The number of methoxy groups -OCH3 is 1. The molecule has 2 aliphatic carbocycles. The lowest BCUT2D eigenvalue weighted by Gasteiger charge is -2.43. The molecule has 0 saturated heterocycles. The van der Waals surface area contributed by atoms with E-state index in [9.17, 15) is 4.79 Å². The second kappa shape index (κ2) is 9.41. The van der Waals surface area contributed by atoms with Gasteiger partial charge in [0.25, 0.3) is 0 Å². The van der Waals surface area contributed by atoms with Crippen LogP contribution in [0.25, 0.3) is 0 Å². The molecule has 2 aliphatic rings. The molecule has 0 spiro atoms. The van der Waals surface area contributed by atoms with Crippen molar-refractivity contribution in [1.82, 2.24) is 0 Å². The largest absolute Gasteiger partial charge is 0.491 e. The highest BCUT2D eigenvalue weighted by molar-refractivity contribution is 5.92. The van der Waals surface area contributed by atoms with E-state index in [2.05, 4.69) is 5.32 Å². The minimum Gasteiger partial charge on any atom is -0.491 e. The van der Waals surface area contributed by atoms with Crippen LogP contribution in [0.2, 0.25) is 0 Å². The molecule has 0 aliphatic heterocycles. The summed E-state index contributed by atoms with van der Waals surface area (Å²) in [5.74, 6) is 2.04. The highest BCUT2D eigenvalue weighted by Gasteiger charge is 2.40. The molecule has 6 heteroatoms. The fraction of sp³-hybridized carbons (Fsp3) is 0.632. The van der Waals surface area contributed by atoms with Crippen LogP contribution in [0.1, 0.15) is 32.1 Å². The SMILES string of the molecule is COCCOc1ccc(NC(=O)C2CC3CCCC(C2)C3N)cc1.Cl. The third-order valence-corrected chi connectivity index (χ3v) is 5.46. The summed E-state index contributed by atoms with van der Waals surface area (Å²) in [5, 5.41) is 3.05. The lowest BCUT2D eigenvalue weighted by atomic mass is 9.65. The second-order valence-corrected chi connectivity index (χ2v) is 7.05. The Kier molecular flexibility index (Phi) is 7.54. The number of nitrogens with two attached hydrogens (primary N) is 1. The van der Waals surface area contributed by atoms with Crippen LogP contribution >= 0.6 is 12.4 Å². The van der Waals surface area contributed by atoms with Gasteiger partial charge in [0.15, 0.2) is 0 Å². The number of rotatable bonds is 6. The average Bonchev–Trinajstić information content (AvgIpc) is 2.56. The van der Waals surface area contributed by atoms with Crippen LogP contribution in [-0.2, 0) is 9.53 Å². The highest BCUT2D eigenvalue weighted by Crippen LogP contribution is 2.42. The minimum absolute atomic E-state index is 0. The van der Waals surface area contributed by atoms with Crippen molar-refractivity contribution in [3.8, 4) is 5.75 Å². The maximum atomic E-state index is 12.6. The number of nitrogens with one attached hydrogen (secondary N) is 1. The summed E-state index contributed by atoms with van der Waals surface area (Å²) < 4.78 is 10.5. The monoisotopic (exact) mass is 368 g/mol. The van der Waals surface area contributed by atoms with Crippen molar-refractivity contribution < 1.29 is 14.3 Å². The number of carbonyl (C=O) groups excluding carboxylic acids is 1. The first kappa shape index (κ1) is 20.0. The Balaban J connectivity index is 0.00000225. The van der Waals surface area contributed by atoms with E-state index in [-0.39, 0.29) is 24.2 Å². The first-order valence-electron chi connectivity index (χ1n) is 8.95. The van der Waals surface area contributed by atoms with Crippen molar-refractivity contribution in [3.63, 3.8) is 0 Å².